The van der Waals surface area contributed by atoms with Crippen molar-refractivity contribution in [3.8, 4) is 0 Å². The Bertz CT molecular complexity index is 457. The lowest BCUT2D eigenvalue weighted by Gasteiger charge is -2.56. The third kappa shape index (κ3) is 5.09. The Morgan fingerprint density at radius 2 is 1.56 bits per heavy atom. The first-order chi connectivity index (χ1) is 11.9. The van der Waals surface area contributed by atoms with Crippen LogP contribution in [0.1, 0.15) is 51.4 Å². The average Bonchev–Trinajstić information content (AvgIpc) is 2.49. The van der Waals surface area contributed by atoms with E-state index in [9.17, 15) is 9.59 Å². The summed E-state index contributed by atoms with van der Waals surface area (Å²) in [5, 5.41) is 9.05. The van der Waals surface area contributed by atoms with Gasteiger partial charge in [-0.25, -0.2) is 4.79 Å². The summed E-state index contributed by atoms with van der Waals surface area (Å²) < 4.78 is 0. The van der Waals surface area contributed by atoms with Crippen LogP contribution in [0.4, 0.5) is 4.79 Å². The number of hydrogen-bond donors (Lipinski definition) is 3. The van der Waals surface area contributed by atoms with Crippen LogP contribution in [0, 0.1) is 17.8 Å². The van der Waals surface area contributed by atoms with Crippen molar-refractivity contribution in [2.24, 2.45) is 17.8 Å². The summed E-state index contributed by atoms with van der Waals surface area (Å²) in [7, 11) is 4.04. The zero-order valence-electron chi connectivity index (χ0n) is 15.8. The Kier molecular flexibility index (Phi) is 5.87. The molecule has 4 rings (SSSR count). The fraction of sp³-hybridized carbons (Fsp3) is 0.895. The van der Waals surface area contributed by atoms with E-state index in [1.165, 1.54) is 19.3 Å². The molecule has 4 fully saturated rings. The number of amides is 3. The molecule has 6 nitrogen and oxygen atoms in total. The van der Waals surface area contributed by atoms with Crippen molar-refractivity contribution in [1.29, 1.82) is 0 Å². The lowest BCUT2D eigenvalue weighted by atomic mass is 9.53. The minimum absolute atomic E-state index is 0.00820. The highest BCUT2D eigenvalue weighted by molar-refractivity contribution is 5.78. The van der Waals surface area contributed by atoms with Crippen LogP contribution < -0.4 is 16.0 Å². The van der Waals surface area contributed by atoms with Gasteiger partial charge in [-0.1, -0.05) is 0 Å². The SMILES string of the molecule is CN(C)CCCNC(=O)CCNC(=O)NC12CC3CC(CC(C3)C1)C2. The van der Waals surface area contributed by atoms with Crippen molar-refractivity contribution in [2.75, 3.05) is 33.7 Å². The molecule has 0 saturated heterocycles. The Balaban J connectivity index is 1.31. The highest BCUT2D eigenvalue weighted by Crippen LogP contribution is 2.55. The molecule has 0 aromatic carbocycles. The van der Waals surface area contributed by atoms with E-state index in [-0.39, 0.29) is 17.5 Å². The number of nitrogens with zero attached hydrogens (tertiary/aromatic N) is 1. The maximum Gasteiger partial charge on any atom is 0.315 e. The summed E-state index contributed by atoms with van der Waals surface area (Å²) in [5.74, 6) is 2.47. The van der Waals surface area contributed by atoms with Crippen LogP contribution in [-0.2, 0) is 4.79 Å². The molecule has 3 amide bonds. The first-order valence-corrected chi connectivity index (χ1v) is 9.91. The largest absolute Gasteiger partial charge is 0.356 e. The minimum Gasteiger partial charge on any atom is -0.356 e. The zero-order valence-corrected chi connectivity index (χ0v) is 15.8. The second-order valence-corrected chi connectivity index (χ2v) is 8.84. The van der Waals surface area contributed by atoms with Crippen molar-refractivity contribution in [3.05, 3.63) is 0 Å². The third-order valence-electron chi connectivity index (χ3n) is 6.16. The van der Waals surface area contributed by atoms with E-state index in [0.29, 0.717) is 19.5 Å². The first kappa shape index (κ1) is 18.5. The maximum absolute atomic E-state index is 12.3. The standard InChI is InChI=1S/C19H34N4O2/c1-23(2)7-3-5-20-17(24)4-6-21-18(25)22-19-11-14-8-15(12-19)10-16(9-14)13-19/h14-16H,3-13H2,1-2H3,(H,20,24)(H2,21,22,25). The number of hydrogen-bond acceptors (Lipinski definition) is 3. The molecule has 0 heterocycles. The Labute approximate surface area is 151 Å². The number of carbonyl (C=O) groups excluding carboxylic acids is 2. The van der Waals surface area contributed by atoms with Crippen molar-refractivity contribution < 1.29 is 9.59 Å². The van der Waals surface area contributed by atoms with Crippen molar-refractivity contribution >= 4 is 11.9 Å². The lowest BCUT2D eigenvalue weighted by molar-refractivity contribution is -0.120. The van der Waals surface area contributed by atoms with Gasteiger partial charge in [0.15, 0.2) is 0 Å². The number of urea groups is 1. The summed E-state index contributed by atoms with van der Waals surface area (Å²) in [4.78, 5) is 26.2. The quantitative estimate of drug-likeness (QED) is 0.584. The van der Waals surface area contributed by atoms with Gasteiger partial charge in [0.05, 0.1) is 0 Å². The summed E-state index contributed by atoms with van der Waals surface area (Å²) in [5.41, 5.74) is 0.0350. The second-order valence-electron chi connectivity index (χ2n) is 8.84. The van der Waals surface area contributed by atoms with Gasteiger partial charge in [-0.15, -0.1) is 0 Å². The highest BCUT2D eigenvalue weighted by Gasteiger charge is 2.51. The first-order valence-electron chi connectivity index (χ1n) is 9.91. The Morgan fingerprint density at radius 1 is 0.960 bits per heavy atom. The normalized spacial score (nSPS) is 32.7. The topological polar surface area (TPSA) is 73.5 Å². The van der Waals surface area contributed by atoms with Gasteiger partial charge in [0.25, 0.3) is 0 Å². The van der Waals surface area contributed by atoms with Crippen LogP contribution in [0.3, 0.4) is 0 Å². The van der Waals surface area contributed by atoms with Gasteiger partial charge < -0.3 is 20.9 Å². The molecular weight excluding hydrogens is 316 g/mol. The van der Waals surface area contributed by atoms with Crippen LogP contribution in [0.5, 0.6) is 0 Å². The van der Waals surface area contributed by atoms with Crippen LogP contribution in [-0.4, -0.2) is 56.1 Å². The molecule has 0 aromatic rings. The number of rotatable bonds is 8. The fourth-order valence-corrected chi connectivity index (χ4v) is 5.55. The van der Waals surface area contributed by atoms with Gasteiger partial charge >= 0.3 is 6.03 Å². The van der Waals surface area contributed by atoms with Gasteiger partial charge in [0.2, 0.25) is 5.91 Å². The molecule has 0 unspecified atom stereocenters. The number of carbonyl (C=O) groups is 2. The van der Waals surface area contributed by atoms with Crippen molar-refractivity contribution in [3.63, 3.8) is 0 Å². The minimum atomic E-state index is -0.0950. The van der Waals surface area contributed by atoms with Gasteiger partial charge in [0, 0.05) is 25.0 Å². The monoisotopic (exact) mass is 350 g/mol. The summed E-state index contributed by atoms with van der Waals surface area (Å²) in [6.45, 7) is 2.06. The molecular formula is C19H34N4O2. The Morgan fingerprint density at radius 3 is 2.12 bits per heavy atom. The summed E-state index contributed by atoms with van der Waals surface area (Å²) >= 11 is 0. The molecule has 0 atom stereocenters. The molecule has 4 bridgehead atoms. The van der Waals surface area contributed by atoms with Gasteiger partial charge in [-0.2, -0.15) is 0 Å². The number of nitrogens with one attached hydrogen (secondary N) is 3. The molecule has 3 N–H and O–H groups in total. The van der Waals surface area contributed by atoms with E-state index in [1.54, 1.807) is 0 Å². The molecule has 0 aromatic heterocycles. The van der Waals surface area contributed by atoms with E-state index in [1.807, 2.05) is 14.1 Å². The second kappa shape index (κ2) is 7.94. The van der Waals surface area contributed by atoms with E-state index >= 15 is 0 Å². The van der Waals surface area contributed by atoms with E-state index in [0.717, 1.165) is 50.0 Å². The molecule has 4 saturated carbocycles. The molecule has 0 aliphatic heterocycles. The van der Waals surface area contributed by atoms with Gasteiger partial charge in [-0.3, -0.25) is 4.79 Å². The van der Waals surface area contributed by atoms with E-state index in [2.05, 4.69) is 20.9 Å². The lowest BCUT2D eigenvalue weighted by Crippen LogP contribution is -2.61. The molecule has 0 spiro atoms. The maximum atomic E-state index is 12.3. The predicted molar refractivity (Wildman–Crippen MR) is 98.2 cm³/mol. The van der Waals surface area contributed by atoms with Crippen LogP contribution in [0.15, 0.2) is 0 Å². The molecule has 142 valence electrons. The fourth-order valence-electron chi connectivity index (χ4n) is 5.55. The summed E-state index contributed by atoms with van der Waals surface area (Å²) in [6, 6.07) is -0.0950. The van der Waals surface area contributed by atoms with Crippen LogP contribution >= 0.6 is 0 Å². The van der Waals surface area contributed by atoms with Gasteiger partial charge in [0.1, 0.15) is 0 Å². The molecule has 6 heteroatoms. The molecule has 4 aliphatic rings. The third-order valence-corrected chi connectivity index (χ3v) is 6.16. The smallest absolute Gasteiger partial charge is 0.315 e. The van der Waals surface area contributed by atoms with Crippen molar-refractivity contribution in [1.82, 2.24) is 20.9 Å². The van der Waals surface area contributed by atoms with E-state index < -0.39 is 0 Å². The predicted octanol–water partition coefficient (Wildman–Crippen LogP) is 1.71. The van der Waals surface area contributed by atoms with Crippen molar-refractivity contribution in [2.45, 2.75) is 56.9 Å². The molecule has 4 aliphatic carbocycles. The molecule has 25 heavy (non-hydrogen) atoms. The zero-order chi connectivity index (χ0) is 17.9. The summed E-state index contributed by atoms with van der Waals surface area (Å²) in [6.07, 6.45) is 8.86. The van der Waals surface area contributed by atoms with Crippen LogP contribution in [0.2, 0.25) is 0 Å². The Hall–Kier alpha value is -1.30. The average molecular weight is 351 g/mol. The van der Waals surface area contributed by atoms with Gasteiger partial charge in [-0.05, 0) is 83.3 Å². The molecule has 0 radical (unpaired) electrons. The van der Waals surface area contributed by atoms with E-state index in [4.69, 9.17) is 0 Å². The highest BCUT2D eigenvalue weighted by atomic mass is 16.2. The van der Waals surface area contributed by atoms with Crippen LogP contribution in [0.25, 0.3) is 0 Å².